The summed E-state index contributed by atoms with van der Waals surface area (Å²) in [5, 5.41) is 13.2. The summed E-state index contributed by atoms with van der Waals surface area (Å²) < 4.78 is 47.1. The van der Waals surface area contributed by atoms with Gasteiger partial charge in [0.05, 0.1) is 24.3 Å². The highest BCUT2D eigenvalue weighted by molar-refractivity contribution is 5.96. The zero-order valence-corrected chi connectivity index (χ0v) is 21.0. The second-order valence-corrected chi connectivity index (χ2v) is 9.16. The van der Waals surface area contributed by atoms with Crippen LogP contribution in [0.4, 0.5) is 18.0 Å². The third-order valence-corrected chi connectivity index (χ3v) is 6.69. The van der Waals surface area contributed by atoms with Crippen LogP contribution in [-0.4, -0.2) is 40.7 Å². The number of benzene rings is 2. The molecule has 0 saturated heterocycles. The van der Waals surface area contributed by atoms with E-state index in [2.05, 4.69) is 21.3 Å². The van der Waals surface area contributed by atoms with Crippen molar-refractivity contribution in [2.24, 2.45) is 0 Å². The Bertz CT molecular complexity index is 1620. The first-order valence-electron chi connectivity index (χ1n) is 12.2. The van der Waals surface area contributed by atoms with Crippen molar-refractivity contribution in [1.29, 1.82) is 5.26 Å². The van der Waals surface area contributed by atoms with Gasteiger partial charge >= 0.3 is 6.03 Å². The van der Waals surface area contributed by atoms with E-state index in [4.69, 9.17) is 4.74 Å². The summed E-state index contributed by atoms with van der Waals surface area (Å²) in [7, 11) is 1.53. The molecule has 0 aliphatic carbocycles. The molecule has 0 unspecified atom stereocenters. The van der Waals surface area contributed by atoms with Crippen LogP contribution >= 0.6 is 0 Å². The van der Waals surface area contributed by atoms with Crippen LogP contribution in [0.25, 0.3) is 17.0 Å². The van der Waals surface area contributed by atoms with Gasteiger partial charge in [-0.05, 0) is 53.1 Å². The van der Waals surface area contributed by atoms with Crippen LogP contribution in [0, 0.1) is 28.8 Å². The average molecular weight is 532 g/mol. The number of halogens is 3. The molecule has 1 N–H and O–H groups in total. The number of rotatable bonds is 6. The van der Waals surface area contributed by atoms with Gasteiger partial charge in [-0.25, -0.2) is 22.9 Å². The van der Waals surface area contributed by atoms with Gasteiger partial charge in [0.2, 0.25) is 5.88 Å². The van der Waals surface area contributed by atoms with Gasteiger partial charge in [0.15, 0.2) is 17.5 Å². The Morgan fingerprint density at radius 2 is 1.97 bits per heavy atom. The fraction of sp³-hybridized carbons (Fsp3) is 0.207. The second-order valence-electron chi connectivity index (χ2n) is 9.16. The van der Waals surface area contributed by atoms with E-state index in [1.165, 1.54) is 7.11 Å². The number of hydrogen-bond acceptors (Lipinski definition) is 5. The molecule has 4 aromatic rings. The summed E-state index contributed by atoms with van der Waals surface area (Å²) in [6, 6.07) is 12.6. The molecular weight excluding hydrogens is 507 g/mol. The largest absolute Gasteiger partial charge is 0.481 e. The Morgan fingerprint density at radius 3 is 2.72 bits per heavy atom. The fourth-order valence-electron chi connectivity index (χ4n) is 4.81. The minimum atomic E-state index is -1.49. The summed E-state index contributed by atoms with van der Waals surface area (Å²) >= 11 is 0. The number of nitrogens with zero attached hydrogens (tertiary/aromatic N) is 4. The molecule has 2 aromatic heterocycles. The van der Waals surface area contributed by atoms with Gasteiger partial charge in [0.25, 0.3) is 0 Å². The molecule has 3 heterocycles. The minimum Gasteiger partial charge on any atom is -0.481 e. The molecule has 0 spiro atoms. The van der Waals surface area contributed by atoms with Crippen LogP contribution in [0.1, 0.15) is 27.9 Å². The highest BCUT2D eigenvalue weighted by atomic mass is 19.2. The van der Waals surface area contributed by atoms with Gasteiger partial charge in [0, 0.05) is 55.9 Å². The van der Waals surface area contributed by atoms with E-state index >= 15 is 0 Å². The van der Waals surface area contributed by atoms with Crippen molar-refractivity contribution in [3.63, 3.8) is 0 Å². The molecule has 1 aliphatic rings. The molecule has 0 fully saturated rings. The maximum absolute atomic E-state index is 13.5. The Morgan fingerprint density at radius 1 is 1.18 bits per heavy atom. The Hall–Kier alpha value is -4.62. The number of aromatic nitrogens is 2. The number of pyridine rings is 1. The van der Waals surface area contributed by atoms with Gasteiger partial charge in [-0.2, -0.15) is 5.26 Å². The quantitative estimate of drug-likeness (QED) is 0.348. The number of carbonyl (C=O) groups is 1. The lowest BCUT2D eigenvalue weighted by Gasteiger charge is -2.27. The Kier molecular flexibility index (Phi) is 7.34. The van der Waals surface area contributed by atoms with Crippen molar-refractivity contribution >= 4 is 23.0 Å². The molecule has 2 aromatic carbocycles. The molecular formula is C29H24F3N5O2. The first-order chi connectivity index (χ1) is 18.9. The summed E-state index contributed by atoms with van der Waals surface area (Å²) in [6.07, 6.45) is 5.49. The standard InChI is InChI=1S/C29H24F3N5O2/c1-39-27-14-20(6-8-34-27)16-35-29(38)37-25-5-4-19(15-33)11-21(25)22-17-36(10-7-26(22)37)9-2-3-18-12-23(30)28(32)24(31)13-18/h2-6,8,11-14H,7,9-10,16-17H2,1H3,(H,35,38)/b3-2+. The molecule has 10 heteroatoms. The highest BCUT2D eigenvalue weighted by Crippen LogP contribution is 2.32. The number of methoxy groups -OCH3 is 1. The van der Waals surface area contributed by atoms with Gasteiger partial charge in [0.1, 0.15) is 0 Å². The lowest BCUT2D eigenvalue weighted by molar-refractivity contribution is 0.240. The average Bonchev–Trinajstić information content (AvgIpc) is 3.27. The SMILES string of the molecule is COc1cc(CNC(=O)n2c3c(c4cc(C#N)ccc42)CN(C/C=C/c2cc(F)c(F)c(F)c2)CC3)ccn1. The van der Waals surface area contributed by atoms with Gasteiger partial charge in [-0.1, -0.05) is 12.2 Å². The van der Waals surface area contributed by atoms with E-state index in [1.807, 2.05) is 0 Å². The van der Waals surface area contributed by atoms with Crippen LogP contribution in [0.5, 0.6) is 5.88 Å². The minimum absolute atomic E-state index is 0.225. The van der Waals surface area contributed by atoms with E-state index in [0.717, 1.165) is 34.3 Å². The maximum atomic E-state index is 13.5. The third kappa shape index (κ3) is 5.35. The van der Waals surface area contributed by atoms with Crippen molar-refractivity contribution in [3.05, 3.63) is 100 Å². The van der Waals surface area contributed by atoms with E-state index in [-0.39, 0.29) is 18.1 Å². The van der Waals surface area contributed by atoms with Crippen LogP contribution in [0.3, 0.4) is 0 Å². The van der Waals surface area contributed by atoms with E-state index in [0.29, 0.717) is 43.0 Å². The van der Waals surface area contributed by atoms with Crippen molar-refractivity contribution in [2.75, 3.05) is 20.2 Å². The predicted molar refractivity (Wildman–Crippen MR) is 139 cm³/mol. The zero-order valence-electron chi connectivity index (χ0n) is 21.0. The molecule has 1 amide bonds. The zero-order chi connectivity index (χ0) is 27.5. The molecule has 1 aliphatic heterocycles. The molecule has 39 heavy (non-hydrogen) atoms. The first-order valence-corrected chi connectivity index (χ1v) is 12.2. The van der Waals surface area contributed by atoms with Gasteiger partial charge in [-0.15, -0.1) is 0 Å². The van der Waals surface area contributed by atoms with Crippen LogP contribution < -0.4 is 10.1 Å². The molecule has 0 atom stereocenters. The first kappa shape index (κ1) is 26.0. The fourth-order valence-corrected chi connectivity index (χ4v) is 4.81. The van der Waals surface area contributed by atoms with E-state index in [9.17, 15) is 23.2 Å². The van der Waals surface area contributed by atoms with Crippen LogP contribution in [0.15, 0.2) is 54.7 Å². The number of nitriles is 1. The normalized spacial score (nSPS) is 13.4. The number of nitrogens with one attached hydrogen (secondary N) is 1. The van der Waals surface area contributed by atoms with Crippen molar-refractivity contribution in [2.45, 2.75) is 19.5 Å². The van der Waals surface area contributed by atoms with Crippen LogP contribution in [-0.2, 0) is 19.5 Å². The van der Waals surface area contributed by atoms with Crippen LogP contribution in [0.2, 0.25) is 0 Å². The maximum Gasteiger partial charge on any atom is 0.326 e. The summed E-state index contributed by atoms with van der Waals surface area (Å²) in [5.74, 6) is -3.51. The lowest BCUT2D eigenvalue weighted by Crippen LogP contribution is -2.34. The topological polar surface area (TPSA) is 83.2 Å². The van der Waals surface area contributed by atoms with Crippen molar-refractivity contribution < 1.29 is 22.7 Å². The van der Waals surface area contributed by atoms with Crippen molar-refractivity contribution in [3.8, 4) is 11.9 Å². The highest BCUT2D eigenvalue weighted by Gasteiger charge is 2.26. The van der Waals surface area contributed by atoms with Gasteiger partial charge in [-0.3, -0.25) is 9.47 Å². The number of hydrogen-bond donors (Lipinski definition) is 1. The van der Waals surface area contributed by atoms with E-state index < -0.39 is 17.5 Å². The molecule has 198 valence electrons. The summed E-state index contributed by atoms with van der Waals surface area (Å²) in [5.41, 5.74) is 4.07. The van der Waals surface area contributed by atoms with Crippen molar-refractivity contribution in [1.82, 2.24) is 19.8 Å². The molecule has 7 nitrogen and oxygen atoms in total. The monoisotopic (exact) mass is 531 g/mol. The lowest BCUT2D eigenvalue weighted by atomic mass is 10.0. The van der Waals surface area contributed by atoms with Gasteiger partial charge < -0.3 is 10.1 Å². The third-order valence-electron chi connectivity index (χ3n) is 6.69. The smallest absolute Gasteiger partial charge is 0.326 e. The summed E-state index contributed by atoms with van der Waals surface area (Å²) in [6.45, 7) is 1.91. The molecule has 0 saturated carbocycles. The summed E-state index contributed by atoms with van der Waals surface area (Å²) in [4.78, 5) is 19.6. The van der Waals surface area contributed by atoms with E-state index in [1.54, 1.807) is 53.2 Å². The Balaban J connectivity index is 1.38. The second kappa shape index (κ2) is 11.0. The number of amides is 1. The number of fused-ring (bicyclic) bond motifs is 3. The number of ether oxygens (including phenoxy) is 1. The molecule has 0 bridgehead atoms. The molecule has 5 rings (SSSR count). The number of carbonyl (C=O) groups excluding carboxylic acids is 1. The molecule has 0 radical (unpaired) electrons. The predicted octanol–water partition coefficient (Wildman–Crippen LogP) is 5.16. The Labute approximate surface area is 222 Å².